The van der Waals surface area contributed by atoms with Crippen molar-refractivity contribution in [3.8, 4) is 0 Å². The molecule has 1 fully saturated rings. The average Bonchev–Trinajstić information content (AvgIpc) is 2.31. The molecule has 1 rings (SSSR count). The number of ether oxygens (including phenoxy) is 3. The van der Waals surface area contributed by atoms with Gasteiger partial charge in [-0.2, -0.15) is 0 Å². The second-order valence-corrected chi connectivity index (χ2v) is 4.02. The molecule has 0 aromatic rings. The van der Waals surface area contributed by atoms with Crippen LogP contribution in [0.5, 0.6) is 0 Å². The van der Waals surface area contributed by atoms with Gasteiger partial charge >= 0.3 is 0 Å². The summed E-state index contributed by atoms with van der Waals surface area (Å²) in [4.78, 5) is 0. The van der Waals surface area contributed by atoms with E-state index in [0.29, 0.717) is 12.1 Å². The number of hydrogen-bond donors (Lipinski definition) is 1. The molecule has 1 saturated carbocycles. The van der Waals surface area contributed by atoms with E-state index < -0.39 is 0 Å². The van der Waals surface area contributed by atoms with Gasteiger partial charge in [-0.25, -0.2) is 0 Å². The van der Waals surface area contributed by atoms with Crippen LogP contribution in [0.3, 0.4) is 0 Å². The van der Waals surface area contributed by atoms with Crippen LogP contribution in [-0.2, 0) is 14.2 Å². The van der Waals surface area contributed by atoms with E-state index in [2.05, 4.69) is 5.32 Å². The van der Waals surface area contributed by atoms with Gasteiger partial charge < -0.3 is 19.5 Å². The van der Waals surface area contributed by atoms with Crippen molar-refractivity contribution < 1.29 is 14.2 Å². The standard InChI is InChI=1S/C11H23NO3/c1-13-10-6-4-9(5-7-10)12-8-11(14-2)15-3/h9-12H,4-8H2,1-3H3. The molecular weight excluding hydrogens is 194 g/mol. The van der Waals surface area contributed by atoms with Crippen LogP contribution in [0.25, 0.3) is 0 Å². The van der Waals surface area contributed by atoms with E-state index in [-0.39, 0.29) is 6.29 Å². The van der Waals surface area contributed by atoms with Crippen molar-refractivity contribution in [2.75, 3.05) is 27.9 Å². The molecule has 0 atom stereocenters. The Morgan fingerprint density at radius 1 is 1.07 bits per heavy atom. The summed E-state index contributed by atoms with van der Waals surface area (Å²) in [6.07, 6.45) is 4.99. The highest BCUT2D eigenvalue weighted by molar-refractivity contribution is 4.77. The summed E-state index contributed by atoms with van der Waals surface area (Å²) < 4.78 is 15.6. The van der Waals surface area contributed by atoms with Crippen LogP contribution in [0.2, 0.25) is 0 Å². The van der Waals surface area contributed by atoms with Gasteiger partial charge in [0.1, 0.15) is 0 Å². The lowest BCUT2D eigenvalue weighted by atomic mass is 9.93. The molecule has 0 radical (unpaired) electrons. The van der Waals surface area contributed by atoms with Gasteiger partial charge in [-0.3, -0.25) is 0 Å². The number of methoxy groups -OCH3 is 3. The summed E-state index contributed by atoms with van der Waals surface area (Å²) >= 11 is 0. The zero-order valence-corrected chi connectivity index (χ0v) is 9.99. The van der Waals surface area contributed by atoms with Crippen molar-refractivity contribution in [1.29, 1.82) is 0 Å². The fourth-order valence-electron chi connectivity index (χ4n) is 2.03. The summed E-state index contributed by atoms with van der Waals surface area (Å²) in [6.45, 7) is 0.759. The molecule has 4 heteroatoms. The molecular formula is C11H23NO3. The molecule has 0 unspecified atom stereocenters. The Hall–Kier alpha value is -0.160. The molecule has 0 amide bonds. The minimum atomic E-state index is -0.134. The molecule has 1 aliphatic carbocycles. The van der Waals surface area contributed by atoms with Crippen molar-refractivity contribution in [1.82, 2.24) is 5.32 Å². The lowest BCUT2D eigenvalue weighted by Crippen LogP contribution is -2.40. The molecule has 0 saturated heterocycles. The van der Waals surface area contributed by atoms with Gasteiger partial charge in [-0.05, 0) is 25.7 Å². The fraction of sp³-hybridized carbons (Fsp3) is 1.00. The number of nitrogens with one attached hydrogen (secondary N) is 1. The Morgan fingerprint density at radius 3 is 2.13 bits per heavy atom. The quantitative estimate of drug-likeness (QED) is 0.678. The summed E-state index contributed by atoms with van der Waals surface area (Å²) in [5.74, 6) is 0. The smallest absolute Gasteiger partial charge is 0.169 e. The van der Waals surface area contributed by atoms with Crippen LogP contribution < -0.4 is 5.32 Å². The third kappa shape index (κ3) is 4.47. The van der Waals surface area contributed by atoms with Gasteiger partial charge in [-0.15, -0.1) is 0 Å². The molecule has 0 aromatic heterocycles. The Kier molecular flexibility index (Phi) is 6.17. The molecule has 1 N–H and O–H groups in total. The van der Waals surface area contributed by atoms with Crippen LogP contribution >= 0.6 is 0 Å². The second kappa shape index (κ2) is 7.17. The maximum Gasteiger partial charge on any atom is 0.169 e. The minimum Gasteiger partial charge on any atom is -0.381 e. The molecule has 0 aromatic carbocycles. The molecule has 15 heavy (non-hydrogen) atoms. The number of rotatable bonds is 6. The molecule has 4 nitrogen and oxygen atoms in total. The van der Waals surface area contributed by atoms with Crippen molar-refractivity contribution in [2.45, 2.75) is 44.1 Å². The van der Waals surface area contributed by atoms with Crippen molar-refractivity contribution in [3.05, 3.63) is 0 Å². The highest BCUT2D eigenvalue weighted by Crippen LogP contribution is 2.20. The fourth-order valence-corrected chi connectivity index (χ4v) is 2.03. The van der Waals surface area contributed by atoms with Gasteiger partial charge in [0, 0.05) is 33.9 Å². The predicted molar refractivity (Wildman–Crippen MR) is 58.9 cm³/mol. The van der Waals surface area contributed by atoms with Gasteiger partial charge in [0.25, 0.3) is 0 Å². The molecule has 90 valence electrons. The summed E-state index contributed by atoms with van der Waals surface area (Å²) in [6, 6.07) is 0.587. The number of hydrogen-bond acceptors (Lipinski definition) is 4. The van der Waals surface area contributed by atoms with E-state index in [1.807, 2.05) is 0 Å². The minimum absolute atomic E-state index is 0.134. The normalized spacial score (nSPS) is 27.2. The molecule has 0 spiro atoms. The SMILES string of the molecule is COC1CCC(NCC(OC)OC)CC1. The Morgan fingerprint density at radius 2 is 1.67 bits per heavy atom. The molecule has 0 bridgehead atoms. The van der Waals surface area contributed by atoms with Gasteiger partial charge in [0.05, 0.1) is 6.10 Å². The first-order chi connectivity index (χ1) is 7.30. The summed E-state index contributed by atoms with van der Waals surface area (Å²) in [5, 5.41) is 3.46. The van der Waals surface area contributed by atoms with E-state index in [1.165, 1.54) is 12.8 Å². The third-order valence-electron chi connectivity index (χ3n) is 3.11. The van der Waals surface area contributed by atoms with Gasteiger partial charge in [0.15, 0.2) is 6.29 Å². The second-order valence-electron chi connectivity index (χ2n) is 4.02. The Labute approximate surface area is 92.3 Å². The predicted octanol–water partition coefficient (Wildman–Crippen LogP) is 1.15. The van der Waals surface area contributed by atoms with Crippen molar-refractivity contribution in [3.63, 3.8) is 0 Å². The Bertz CT molecular complexity index is 154. The maximum atomic E-state index is 5.33. The lowest BCUT2D eigenvalue weighted by Gasteiger charge is -2.29. The van der Waals surface area contributed by atoms with E-state index >= 15 is 0 Å². The highest BCUT2D eigenvalue weighted by atomic mass is 16.7. The monoisotopic (exact) mass is 217 g/mol. The van der Waals surface area contributed by atoms with E-state index in [0.717, 1.165) is 19.4 Å². The first kappa shape index (κ1) is 12.9. The van der Waals surface area contributed by atoms with Gasteiger partial charge in [-0.1, -0.05) is 0 Å². The molecule has 0 heterocycles. The van der Waals surface area contributed by atoms with Gasteiger partial charge in [0.2, 0.25) is 0 Å². The lowest BCUT2D eigenvalue weighted by molar-refractivity contribution is -0.101. The van der Waals surface area contributed by atoms with Crippen LogP contribution in [0, 0.1) is 0 Å². The van der Waals surface area contributed by atoms with Crippen LogP contribution in [0.1, 0.15) is 25.7 Å². The van der Waals surface area contributed by atoms with Crippen LogP contribution in [-0.4, -0.2) is 46.3 Å². The van der Waals surface area contributed by atoms with E-state index in [4.69, 9.17) is 14.2 Å². The van der Waals surface area contributed by atoms with Crippen LogP contribution in [0.15, 0.2) is 0 Å². The topological polar surface area (TPSA) is 39.7 Å². The largest absolute Gasteiger partial charge is 0.381 e. The third-order valence-corrected chi connectivity index (χ3v) is 3.11. The maximum absolute atomic E-state index is 5.33. The van der Waals surface area contributed by atoms with E-state index in [9.17, 15) is 0 Å². The van der Waals surface area contributed by atoms with Crippen LogP contribution in [0.4, 0.5) is 0 Å². The molecule has 0 aliphatic heterocycles. The zero-order chi connectivity index (χ0) is 11.1. The average molecular weight is 217 g/mol. The van der Waals surface area contributed by atoms with E-state index in [1.54, 1.807) is 21.3 Å². The van der Waals surface area contributed by atoms with Crippen molar-refractivity contribution >= 4 is 0 Å². The summed E-state index contributed by atoms with van der Waals surface area (Å²) in [5.41, 5.74) is 0. The first-order valence-corrected chi connectivity index (χ1v) is 5.62. The molecule has 1 aliphatic rings. The first-order valence-electron chi connectivity index (χ1n) is 5.62. The summed E-state index contributed by atoms with van der Waals surface area (Å²) in [7, 11) is 5.12. The van der Waals surface area contributed by atoms with Crippen molar-refractivity contribution in [2.24, 2.45) is 0 Å². The Balaban J connectivity index is 2.12. The zero-order valence-electron chi connectivity index (χ0n) is 9.99. The highest BCUT2D eigenvalue weighted by Gasteiger charge is 2.20.